The predicted octanol–water partition coefficient (Wildman–Crippen LogP) is 2.38. The summed E-state index contributed by atoms with van der Waals surface area (Å²) in [5.41, 5.74) is 5.73. The Morgan fingerprint density at radius 2 is 2.02 bits per heavy atom. The van der Waals surface area contributed by atoms with Crippen LogP contribution in [0.5, 0.6) is 0 Å². The van der Waals surface area contributed by atoms with Gasteiger partial charge >= 0.3 is 5.97 Å². The highest BCUT2D eigenvalue weighted by molar-refractivity contribution is 5.94. The molecule has 0 radical (unpaired) electrons. The number of hydrogen-bond acceptors (Lipinski definition) is 10. The average Bonchev–Trinajstić information content (AvgIpc) is 3.50. The third-order valence-electron chi connectivity index (χ3n) is 9.07. The number of rotatable bonds is 3. The first-order chi connectivity index (χ1) is 19.5. The topological polar surface area (TPSA) is 113 Å². The van der Waals surface area contributed by atoms with Gasteiger partial charge in [0.1, 0.15) is 12.9 Å². The van der Waals surface area contributed by atoms with E-state index in [4.69, 9.17) is 14.5 Å². The molecule has 0 N–H and O–H groups in total. The van der Waals surface area contributed by atoms with Crippen molar-refractivity contribution in [3.05, 3.63) is 51.8 Å². The van der Waals surface area contributed by atoms with E-state index in [1.807, 2.05) is 35.1 Å². The van der Waals surface area contributed by atoms with Crippen molar-refractivity contribution in [2.45, 2.75) is 63.8 Å². The van der Waals surface area contributed by atoms with E-state index in [2.05, 4.69) is 27.0 Å². The van der Waals surface area contributed by atoms with Crippen LogP contribution in [0.3, 0.4) is 0 Å². The number of piperazine rings is 1. The van der Waals surface area contributed by atoms with E-state index < -0.39 is 0 Å². The lowest BCUT2D eigenvalue weighted by Gasteiger charge is -2.46. The summed E-state index contributed by atoms with van der Waals surface area (Å²) in [4.78, 5) is 41.5. The largest absolute Gasteiger partial charge is 0.457 e. The summed E-state index contributed by atoms with van der Waals surface area (Å²) in [5, 5.41) is 8.04. The summed E-state index contributed by atoms with van der Waals surface area (Å²) >= 11 is 0. The van der Waals surface area contributed by atoms with Crippen LogP contribution in [0.15, 0.2) is 28.5 Å². The maximum atomic E-state index is 13.7. The molecule has 1 aromatic carbocycles. The Morgan fingerprint density at radius 3 is 2.92 bits per heavy atom. The fourth-order valence-electron chi connectivity index (χ4n) is 6.64. The summed E-state index contributed by atoms with van der Waals surface area (Å²) in [6.45, 7) is 7.97. The zero-order chi connectivity index (χ0) is 27.4. The van der Waals surface area contributed by atoms with Gasteiger partial charge in [0, 0.05) is 67.9 Å². The molecule has 0 spiro atoms. The van der Waals surface area contributed by atoms with Crippen molar-refractivity contribution >= 4 is 30.4 Å². The Morgan fingerprint density at radius 1 is 1.12 bits per heavy atom. The lowest BCUT2D eigenvalue weighted by Crippen LogP contribution is -2.60. The number of amides is 1. The van der Waals surface area contributed by atoms with Crippen LogP contribution in [-0.2, 0) is 27.3 Å². The van der Waals surface area contributed by atoms with Gasteiger partial charge in [-0.1, -0.05) is 6.07 Å². The maximum absolute atomic E-state index is 13.7. The predicted molar refractivity (Wildman–Crippen MR) is 148 cm³/mol. The molecule has 11 heteroatoms. The van der Waals surface area contributed by atoms with Crippen LogP contribution in [-0.4, -0.2) is 89.1 Å². The number of benzene rings is 1. The van der Waals surface area contributed by atoms with Crippen LogP contribution >= 0.6 is 0 Å². The van der Waals surface area contributed by atoms with Crippen molar-refractivity contribution in [2.75, 3.05) is 37.7 Å². The zero-order valence-electron chi connectivity index (χ0n) is 22.8. The standard InChI is InChI=1S/C29H33N7O4/c1-17-7-8-31-32-16-36(17)29-30-11-23-21(5-6-25(23)33-29)27(37)35-10-9-34-13-26(39-14-19(34)12-35)20-3-4-22-24(18(20)2)15-40-28(22)38/h3-4,8,11,16-17,19,21,26H,5-7,9-10,12-15H2,1-2H3/t17?,19-,21?,26+/m0/s1. The zero-order valence-corrected chi connectivity index (χ0v) is 22.8. The Kier molecular flexibility index (Phi) is 6.35. The molecule has 4 aliphatic heterocycles. The van der Waals surface area contributed by atoms with E-state index in [9.17, 15) is 9.59 Å². The highest BCUT2D eigenvalue weighted by Gasteiger charge is 2.40. The number of anilines is 1. The van der Waals surface area contributed by atoms with Crippen LogP contribution < -0.4 is 4.90 Å². The molecular weight excluding hydrogens is 510 g/mol. The van der Waals surface area contributed by atoms with E-state index in [1.165, 1.54) is 0 Å². The normalized spacial score (nSPS) is 27.7. The maximum Gasteiger partial charge on any atom is 0.338 e. The number of aryl methyl sites for hydroxylation is 1. The van der Waals surface area contributed by atoms with E-state index in [1.54, 1.807) is 12.6 Å². The summed E-state index contributed by atoms with van der Waals surface area (Å²) in [6.07, 6.45) is 7.53. The van der Waals surface area contributed by atoms with Crippen molar-refractivity contribution in [2.24, 2.45) is 10.2 Å². The van der Waals surface area contributed by atoms with Crippen LogP contribution in [0.1, 0.15) is 70.1 Å². The molecule has 2 aromatic rings. The summed E-state index contributed by atoms with van der Waals surface area (Å²) in [7, 11) is 0. The molecule has 1 aliphatic carbocycles. The number of esters is 1. The second kappa shape index (κ2) is 10.0. The fourth-order valence-corrected chi connectivity index (χ4v) is 6.64. The van der Waals surface area contributed by atoms with Gasteiger partial charge in [-0.25, -0.2) is 14.8 Å². The first kappa shape index (κ1) is 25.3. The lowest BCUT2D eigenvalue weighted by atomic mass is 9.93. The van der Waals surface area contributed by atoms with E-state index in [-0.39, 0.29) is 36.0 Å². The van der Waals surface area contributed by atoms with Crippen LogP contribution in [0.2, 0.25) is 0 Å². The van der Waals surface area contributed by atoms with E-state index in [0.29, 0.717) is 37.8 Å². The molecular formula is C29H33N7O4. The molecule has 1 aromatic heterocycles. The van der Waals surface area contributed by atoms with Crippen molar-refractivity contribution in [1.82, 2.24) is 19.8 Å². The molecule has 2 fully saturated rings. The van der Waals surface area contributed by atoms with Gasteiger partial charge in [-0.05, 0) is 43.9 Å². The first-order valence-corrected chi connectivity index (χ1v) is 14.1. The number of carbonyl (C=O) groups excluding carboxylic acids is 2. The Bertz CT molecular complexity index is 1430. The minimum absolute atomic E-state index is 0.0592. The molecule has 2 saturated heterocycles. The first-order valence-electron chi connectivity index (χ1n) is 14.1. The van der Waals surface area contributed by atoms with Crippen LogP contribution in [0.4, 0.5) is 5.95 Å². The van der Waals surface area contributed by atoms with Crippen molar-refractivity contribution in [1.29, 1.82) is 0 Å². The number of nitrogens with zero attached hydrogens (tertiary/aromatic N) is 7. The smallest absolute Gasteiger partial charge is 0.338 e. The molecule has 5 aliphatic rings. The quantitative estimate of drug-likeness (QED) is 0.543. The highest BCUT2D eigenvalue weighted by Crippen LogP contribution is 2.36. The molecule has 0 saturated carbocycles. The van der Waals surface area contributed by atoms with Gasteiger partial charge in [-0.3, -0.25) is 14.6 Å². The number of hydrogen-bond donors (Lipinski definition) is 0. The number of morpholine rings is 1. The van der Waals surface area contributed by atoms with Gasteiger partial charge in [0.2, 0.25) is 11.9 Å². The average molecular weight is 544 g/mol. The Balaban J connectivity index is 1.01. The van der Waals surface area contributed by atoms with Gasteiger partial charge in [-0.2, -0.15) is 5.10 Å². The highest BCUT2D eigenvalue weighted by atomic mass is 16.5. The van der Waals surface area contributed by atoms with E-state index in [0.717, 1.165) is 60.3 Å². The number of aromatic nitrogens is 2. The number of carbonyl (C=O) groups is 2. The molecule has 40 heavy (non-hydrogen) atoms. The minimum atomic E-state index is -0.247. The van der Waals surface area contributed by atoms with Gasteiger partial charge < -0.3 is 14.4 Å². The van der Waals surface area contributed by atoms with Crippen LogP contribution in [0.25, 0.3) is 0 Å². The molecule has 7 rings (SSSR count). The molecule has 5 heterocycles. The molecule has 2 unspecified atom stereocenters. The number of ether oxygens (including phenoxy) is 2. The monoisotopic (exact) mass is 543 g/mol. The number of cyclic esters (lactones) is 1. The Hall–Kier alpha value is -3.70. The summed E-state index contributed by atoms with van der Waals surface area (Å²) in [6, 6.07) is 4.19. The minimum Gasteiger partial charge on any atom is -0.457 e. The molecule has 4 atom stereocenters. The van der Waals surface area contributed by atoms with Crippen LogP contribution in [0, 0.1) is 6.92 Å². The summed E-state index contributed by atoms with van der Waals surface area (Å²) < 4.78 is 11.6. The molecule has 0 bridgehead atoms. The van der Waals surface area contributed by atoms with Gasteiger partial charge in [0.25, 0.3) is 0 Å². The third-order valence-corrected chi connectivity index (χ3v) is 9.07. The Labute approximate surface area is 232 Å². The van der Waals surface area contributed by atoms with Crippen molar-refractivity contribution in [3.8, 4) is 0 Å². The molecule has 1 amide bonds. The fraction of sp³-hybridized carbons (Fsp3) is 0.517. The second-order valence-corrected chi connectivity index (χ2v) is 11.3. The lowest BCUT2D eigenvalue weighted by molar-refractivity contribution is -0.141. The van der Waals surface area contributed by atoms with E-state index >= 15 is 0 Å². The van der Waals surface area contributed by atoms with Gasteiger partial charge in [-0.15, -0.1) is 5.10 Å². The molecule has 11 nitrogen and oxygen atoms in total. The third kappa shape index (κ3) is 4.28. The van der Waals surface area contributed by atoms with Gasteiger partial charge in [0.15, 0.2) is 0 Å². The summed E-state index contributed by atoms with van der Waals surface area (Å²) in [5.74, 6) is 0.317. The van der Waals surface area contributed by atoms with Crippen molar-refractivity contribution in [3.63, 3.8) is 0 Å². The van der Waals surface area contributed by atoms with Gasteiger partial charge in [0.05, 0.1) is 30.2 Å². The SMILES string of the molecule is Cc1c([C@H]2CN3CCN(C(=O)C4CCc5nc(N6C=NN=CCC6C)ncc54)C[C@H]3CO2)ccc2c1COC2=O. The molecule has 208 valence electrons. The second-order valence-electron chi connectivity index (χ2n) is 11.3. The van der Waals surface area contributed by atoms with Crippen molar-refractivity contribution < 1.29 is 19.1 Å². The number of fused-ring (bicyclic) bond motifs is 3.